The number of carbonyl (C=O) groups is 1. The Labute approximate surface area is 171 Å². The molecule has 3 nitrogen and oxygen atoms in total. The Bertz CT molecular complexity index is 676. The van der Waals surface area contributed by atoms with Gasteiger partial charge in [0.1, 0.15) is 11.0 Å². The summed E-state index contributed by atoms with van der Waals surface area (Å²) >= 11 is 30.3. The molecule has 0 aliphatic heterocycles. The van der Waals surface area contributed by atoms with E-state index in [1.165, 1.54) is 0 Å². The molecule has 2 rings (SSSR count). The van der Waals surface area contributed by atoms with Gasteiger partial charge in [-0.15, -0.1) is 23.2 Å². The summed E-state index contributed by atoms with van der Waals surface area (Å²) in [4.78, 5) is 11.6. The highest BCUT2D eigenvalue weighted by Crippen LogP contribution is 2.33. The Morgan fingerprint density at radius 3 is 1.88 bits per heavy atom. The second-order valence-electron chi connectivity index (χ2n) is 5.20. The fourth-order valence-electron chi connectivity index (χ4n) is 2.18. The normalized spacial score (nSPS) is 14.2. The van der Waals surface area contributed by atoms with Crippen molar-refractivity contribution >= 4 is 63.9 Å². The van der Waals surface area contributed by atoms with Gasteiger partial charge in [0.2, 0.25) is 3.79 Å². The average molecular weight is 441 g/mol. The summed E-state index contributed by atoms with van der Waals surface area (Å²) in [7, 11) is 0. The van der Waals surface area contributed by atoms with Gasteiger partial charge in [-0.05, 0) is 17.7 Å². The third-order valence-corrected chi connectivity index (χ3v) is 4.55. The number of amides is 1. The lowest BCUT2D eigenvalue weighted by Crippen LogP contribution is -2.55. The number of carbonyl (C=O) groups excluding carboxylic acids is 1. The van der Waals surface area contributed by atoms with Crippen molar-refractivity contribution in [2.45, 2.75) is 20.8 Å². The van der Waals surface area contributed by atoms with Crippen LogP contribution in [0.15, 0.2) is 60.7 Å². The monoisotopic (exact) mass is 438 g/mol. The highest BCUT2D eigenvalue weighted by molar-refractivity contribution is 6.68. The van der Waals surface area contributed by atoms with E-state index >= 15 is 0 Å². The molecular formula is C17H15Cl5N2O. The van der Waals surface area contributed by atoms with E-state index in [0.29, 0.717) is 5.56 Å². The third kappa shape index (κ3) is 6.21. The summed E-state index contributed by atoms with van der Waals surface area (Å²) in [5, 5.41) is 5.68. The number of nitrogens with one attached hydrogen (secondary N) is 2. The SMILES string of the molecule is O=C(NC(NC(c1ccccc1)C(Cl)Cl)C(Cl)(Cl)Cl)c1ccccc1. The fourth-order valence-corrected chi connectivity index (χ4v) is 2.97. The molecule has 8 heteroatoms. The summed E-state index contributed by atoms with van der Waals surface area (Å²) < 4.78 is -1.82. The van der Waals surface area contributed by atoms with E-state index in [1.54, 1.807) is 30.3 Å². The van der Waals surface area contributed by atoms with E-state index in [0.717, 1.165) is 5.56 Å². The first kappa shape index (κ1) is 20.6. The van der Waals surface area contributed by atoms with Crippen LogP contribution in [0.2, 0.25) is 0 Å². The molecule has 2 atom stereocenters. The van der Waals surface area contributed by atoms with Crippen LogP contribution in [0, 0.1) is 0 Å². The molecule has 0 aliphatic carbocycles. The van der Waals surface area contributed by atoms with Gasteiger partial charge in [-0.2, -0.15) is 0 Å². The standard InChI is InChI=1S/C17H15Cl5N2O/c18-14(19)13(11-7-3-1-4-8-11)23-16(17(20,21)22)24-15(25)12-9-5-2-6-10-12/h1-10,13-14,16,23H,(H,24,25). The molecule has 0 bridgehead atoms. The smallest absolute Gasteiger partial charge is 0.252 e. The van der Waals surface area contributed by atoms with Gasteiger partial charge < -0.3 is 5.32 Å². The van der Waals surface area contributed by atoms with Crippen molar-refractivity contribution in [2.75, 3.05) is 0 Å². The lowest BCUT2D eigenvalue weighted by molar-refractivity contribution is 0.0926. The zero-order valence-electron chi connectivity index (χ0n) is 12.8. The van der Waals surface area contributed by atoms with Crippen LogP contribution in [0.5, 0.6) is 0 Å². The topological polar surface area (TPSA) is 41.1 Å². The van der Waals surface area contributed by atoms with Crippen molar-refractivity contribution in [2.24, 2.45) is 0 Å². The van der Waals surface area contributed by atoms with Gasteiger partial charge in [0, 0.05) is 5.56 Å². The van der Waals surface area contributed by atoms with Crippen LogP contribution in [-0.4, -0.2) is 20.7 Å². The maximum Gasteiger partial charge on any atom is 0.252 e. The Morgan fingerprint density at radius 1 is 0.880 bits per heavy atom. The molecule has 134 valence electrons. The highest BCUT2D eigenvalue weighted by atomic mass is 35.6. The van der Waals surface area contributed by atoms with Crippen molar-refractivity contribution in [3.63, 3.8) is 0 Å². The lowest BCUT2D eigenvalue weighted by Gasteiger charge is -2.31. The third-order valence-electron chi connectivity index (χ3n) is 3.40. The minimum absolute atomic E-state index is 0.392. The van der Waals surface area contributed by atoms with Crippen LogP contribution in [0.4, 0.5) is 0 Å². The van der Waals surface area contributed by atoms with Crippen LogP contribution in [0.1, 0.15) is 22.0 Å². The molecule has 0 aliphatic rings. The minimum Gasteiger partial charge on any atom is -0.333 e. The summed E-state index contributed by atoms with van der Waals surface area (Å²) in [5.41, 5.74) is 1.24. The van der Waals surface area contributed by atoms with Gasteiger partial charge >= 0.3 is 0 Å². The van der Waals surface area contributed by atoms with Gasteiger partial charge in [-0.1, -0.05) is 83.3 Å². The van der Waals surface area contributed by atoms with Gasteiger partial charge in [0.25, 0.3) is 5.91 Å². The predicted molar refractivity (Wildman–Crippen MR) is 106 cm³/mol. The van der Waals surface area contributed by atoms with Crippen molar-refractivity contribution in [3.8, 4) is 0 Å². The molecule has 0 heterocycles. The van der Waals surface area contributed by atoms with E-state index in [-0.39, 0.29) is 0 Å². The molecule has 25 heavy (non-hydrogen) atoms. The quantitative estimate of drug-likeness (QED) is 0.476. The summed E-state index contributed by atoms with van der Waals surface area (Å²) in [6.07, 6.45) is -1.02. The number of benzene rings is 2. The number of rotatable bonds is 6. The summed E-state index contributed by atoms with van der Waals surface area (Å²) in [6, 6.07) is 17.3. The Morgan fingerprint density at radius 2 is 1.40 bits per heavy atom. The summed E-state index contributed by atoms with van der Waals surface area (Å²) in [5.74, 6) is -0.392. The number of alkyl halides is 5. The molecule has 2 aromatic rings. The predicted octanol–water partition coefficient (Wildman–Crippen LogP) is 5.25. The molecule has 0 spiro atoms. The lowest BCUT2D eigenvalue weighted by atomic mass is 10.1. The van der Waals surface area contributed by atoms with E-state index in [1.807, 2.05) is 30.3 Å². The first-order valence-corrected chi connectivity index (χ1v) is 9.31. The zero-order valence-corrected chi connectivity index (χ0v) is 16.6. The number of hydrogen-bond donors (Lipinski definition) is 2. The largest absolute Gasteiger partial charge is 0.333 e. The van der Waals surface area contributed by atoms with Crippen molar-refractivity contribution in [1.29, 1.82) is 0 Å². The van der Waals surface area contributed by atoms with Crippen LogP contribution in [0.25, 0.3) is 0 Å². The molecule has 0 saturated carbocycles. The molecule has 0 radical (unpaired) electrons. The fraction of sp³-hybridized carbons (Fsp3) is 0.235. The zero-order chi connectivity index (χ0) is 18.4. The second-order valence-corrected chi connectivity index (χ2v) is 8.74. The molecule has 1 amide bonds. The molecule has 2 N–H and O–H groups in total. The maximum absolute atomic E-state index is 12.4. The van der Waals surface area contributed by atoms with E-state index in [4.69, 9.17) is 58.0 Å². The molecule has 0 aromatic heterocycles. The molecule has 0 fully saturated rings. The minimum atomic E-state index is -1.82. The van der Waals surface area contributed by atoms with Crippen LogP contribution < -0.4 is 10.6 Å². The van der Waals surface area contributed by atoms with Gasteiger partial charge in [0.05, 0.1) is 6.04 Å². The average Bonchev–Trinajstić information content (AvgIpc) is 2.58. The van der Waals surface area contributed by atoms with Gasteiger partial charge in [-0.25, -0.2) is 0 Å². The Balaban J connectivity index is 2.21. The van der Waals surface area contributed by atoms with E-state index in [2.05, 4.69) is 10.6 Å². The summed E-state index contributed by atoms with van der Waals surface area (Å²) in [6.45, 7) is 0. The van der Waals surface area contributed by atoms with E-state index in [9.17, 15) is 4.79 Å². The molecule has 2 aromatic carbocycles. The van der Waals surface area contributed by atoms with Gasteiger partial charge in [-0.3, -0.25) is 10.1 Å². The Hall–Kier alpha value is -0.680. The van der Waals surface area contributed by atoms with Crippen LogP contribution in [-0.2, 0) is 0 Å². The number of halogens is 5. The van der Waals surface area contributed by atoms with Crippen molar-refractivity contribution < 1.29 is 4.79 Å². The second kappa shape index (κ2) is 9.31. The van der Waals surface area contributed by atoms with Crippen LogP contribution >= 0.6 is 58.0 Å². The first-order valence-electron chi connectivity index (χ1n) is 7.31. The first-order chi connectivity index (χ1) is 11.8. The molecule has 2 unspecified atom stereocenters. The highest BCUT2D eigenvalue weighted by Gasteiger charge is 2.37. The van der Waals surface area contributed by atoms with E-state index < -0.39 is 26.7 Å². The molecular weight excluding hydrogens is 425 g/mol. The maximum atomic E-state index is 12.4. The van der Waals surface area contributed by atoms with Gasteiger partial charge in [0.15, 0.2) is 0 Å². The number of hydrogen-bond acceptors (Lipinski definition) is 2. The Kier molecular flexibility index (Phi) is 7.68. The molecule has 0 saturated heterocycles. The van der Waals surface area contributed by atoms with Crippen LogP contribution in [0.3, 0.4) is 0 Å². The van der Waals surface area contributed by atoms with Crippen molar-refractivity contribution in [1.82, 2.24) is 10.6 Å². The van der Waals surface area contributed by atoms with Crippen molar-refractivity contribution in [3.05, 3.63) is 71.8 Å².